The number of aromatic nitrogens is 3. The highest BCUT2D eigenvalue weighted by Gasteiger charge is 2.15. The molecule has 3 aromatic rings. The van der Waals surface area contributed by atoms with Gasteiger partial charge in [-0.25, -0.2) is 0 Å². The number of nitrogens with zero attached hydrogens (tertiary/aromatic N) is 3. The molecule has 8 nitrogen and oxygen atoms in total. The van der Waals surface area contributed by atoms with E-state index >= 15 is 0 Å². The van der Waals surface area contributed by atoms with Crippen molar-refractivity contribution in [3.05, 3.63) is 47.1 Å². The smallest absolute Gasteiger partial charge is 0.243 e. The van der Waals surface area contributed by atoms with Gasteiger partial charge in [-0.1, -0.05) is 23.9 Å². The summed E-state index contributed by atoms with van der Waals surface area (Å²) >= 11 is 4.58. The van der Waals surface area contributed by atoms with Gasteiger partial charge < -0.3 is 19.6 Å². The highest BCUT2D eigenvalue weighted by Crippen LogP contribution is 2.23. The Kier molecular flexibility index (Phi) is 6.30. The van der Waals surface area contributed by atoms with Gasteiger partial charge in [0.25, 0.3) is 0 Å². The lowest BCUT2D eigenvalue weighted by Crippen LogP contribution is -2.34. The van der Waals surface area contributed by atoms with E-state index in [9.17, 15) is 9.59 Å². The second-order valence-electron chi connectivity index (χ2n) is 5.44. The van der Waals surface area contributed by atoms with Gasteiger partial charge in [0, 0.05) is 11.5 Å². The van der Waals surface area contributed by atoms with E-state index in [0.717, 1.165) is 4.47 Å². The minimum Gasteiger partial charge on any atom is -0.461 e. The van der Waals surface area contributed by atoms with E-state index in [-0.39, 0.29) is 24.1 Å². The van der Waals surface area contributed by atoms with Crippen LogP contribution >= 0.6 is 27.7 Å². The van der Waals surface area contributed by atoms with Gasteiger partial charge in [0.2, 0.25) is 11.8 Å². The van der Waals surface area contributed by atoms with Crippen molar-refractivity contribution in [2.45, 2.75) is 5.16 Å². The number of carbonyl (C=O) groups excluding carboxylic acids is 2. The molecule has 0 atom stereocenters. The van der Waals surface area contributed by atoms with Gasteiger partial charge in [0.05, 0.1) is 24.2 Å². The second-order valence-corrected chi connectivity index (χ2v) is 7.23. The highest BCUT2D eigenvalue weighted by atomic mass is 79.9. The van der Waals surface area contributed by atoms with Crippen molar-refractivity contribution in [3.8, 4) is 11.6 Å². The molecule has 0 aliphatic heterocycles. The summed E-state index contributed by atoms with van der Waals surface area (Å²) < 4.78 is 7.82. The fraction of sp³-hybridized carbons (Fsp3) is 0.176. The Bertz CT molecular complexity index is 942. The van der Waals surface area contributed by atoms with Crippen molar-refractivity contribution < 1.29 is 14.0 Å². The molecule has 0 spiro atoms. The molecule has 0 saturated heterocycles. The number of hydrogen-bond donors (Lipinski definition) is 2. The molecule has 0 aliphatic rings. The molecule has 0 radical (unpaired) electrons. The molecule has 2 N–H and O–H groups in total. The molecule has 1 aromatic carbocycles. The summed E-state index contributed by atoms with van der Waals surface area (Å²) in [7, 11) is 1.79. The standard InChI is InChI=1S/C17H16BrN5O3S/c1-23-16(13-7-4-8-26-13)21-22-17(23)27-10-15(25)19-9-14(24)20-12-6-3-2-5-11(12)18/h2-8H,9-10H2,1H3,(H,19,25)(H,20,24). The van der Waals surface area contributed by atoms with E-state index in [4.69, 9.17) is 4.42 Å². The summed E-state index contributed by atoms with van der Waals surface area (Å²) in [6.07, 6.45) is 1.56. The number of thioether (sulfide) groups is 1. The Hall–Kier alpha value is -2.59. The Balaban J connectivity index is 1.46. The van der Waals surface area contributed by atoms with E-state index < -0.39 is 0 Å². The van der Waals surface area contributed by atoms with Gasteiger partial charge in [-0.2, -0.15) is 0 Å². The molecule has 0 bridgehead atoms. The van der Waals surface area contributed by atoms with Crippen LogP contribution in [0.4, 0.5) is 5.69 Å². The summed E-state index contributed by atoms with van der Waals surface area (Å²) in [6, 6.07) is 10.8. The lowest BCUT2D eigenvalue weighted by Gasteiger charge is -2.08. The van der Waals surface area contributed by atoms with Gasteiger partial charge in [0.1, 0.15) is 0 Å². The van der Waals surface area contributed by atoms with Gasteiger partial charge in [-0.3, -0.25) is 9.59 Å². The molecule has 2 heterocycles. The van der Waals surface area contributed by atoms with Crippen molar-refractivity contribution in [3.63, 3.8) is 0 Å². The molecule has 0 saturated carbocycles. The Morgan fingerprint density at radius 3 is 2.74 bits per heavy atom. The fourth-order valence-corrected chi connectivity index (χ4v) is 3.30. The topological polar surface area (TPSA) is 102 Å². The van der Waals surface area contributed by atoms with Crippen molar-refractivity contribution in [2.24, 2.45) is 7.05 Å². The summed E-state index contributed by atoms with van der Waals surface area (Å²) in [5, 5.41) is 14.0. The predicted octanol–water partition coefficient (Wildman–Crippen LogP) is 2.68. The number of anilines is 1. The molecule has 0 fully saturated rings. The van der Waals surface area contributed by atoms with Crippen molar-refractivity contribution in [2.75, 3.05) is 17.6 Å². The average Bonchev–Trinajstić information content (AvgIpc) is 3.30. The zero-order chi connectivity index (χ0) is 19.2. The normalized spacial score (nSPS) is 10.6. The molecule has 27 heavy (non-hydrogen) atoms. The monoisotopic (exact) mass is 449 g/mol. The number of halogens is 1. The van der Waals surface area contributed by atoms with Crippen LogP contribution in [0, 0.1) is 0 Å². The van der Waals surface area contributed by atoms with E-state index in [0.29, 0.717) is 22.4 Å². The maximum Gasteiger partial charge on any atom is 0.243 e. The van der Waals surface area contributed by atoms with Crippen molar-refractivity contribution in [1.82, 2.24) is 20.1 Å². The zero-order valence-electron chi connectivity index (χ0n) is 14.3. The van der Waals surface area contributed by atoms with Gasteiger partial charge in [0.15, 0.2) is 16.7 Å². The minimum absolute atomic E-state index is 0.114. The highest BCUT2D eigenvalue weighted by molar-refractivity contribution is 9.10. The van der Waals surface area contributed by atoms with Crippen LogP contribution in [-0.4, -0.2) is 38.9 Å². The first-order valence-corrected chi connectivity index (χ1v) is 9.69. The molecule has 3 rings (SSSR count). The van der Waals surface area contributed by atoms with Crippen LogP contribution in [0.2, 0.25) is 0 Å². The third kappa shape index (κ3) is 4.98. The first-order chi connectivity index (χ1) is 13.0. The Labute approximate surface area is 167 Å². The van der Waals surface area contributed by atoms with Gasteiger partial charge >= 0.3 is 0 Å². The average molecular weight is 450 g/mol. The third-order valence-electron chi connectivity index (χ3n) is 3.50. The number of rotatable bonds is 7. The summed E-state index contributed by atoms with van der Waals surface area (Å²) in [4.78, 5) is 23.9. The predicted molar refractivity (Wildman–Crippen MR) is 105 cm³/mol. The van der Waals surface area contributed by atoms with Gasteiger partial charge in [-0.15, -0.1) is 10.2 Å². The van der Waals surface area contributed by atoms with Crippen LogP contribution in [0.25, 0.3) is 11.6 Å². The van der Waals surface area contributed by atoms with E-state index in [1.807, 2.05) is 18.2 Å². The minimum atomic E-state index is -0.306. The molecule has 0 unspecified atom stereocenters. The number of amides is 2. The molecule has 2 amide bonds. The molecular formula is C17H16BrN5O3S. The SMILES string of the molecule is Cn1c(SCC(=O)NCC(=O)Nc2ccccc2Br)nnc1-c1ccco1. The zero-order valence-corrected chi connectivity index (χ0v) is 16.7. The summed E-state index contributed by atoms with van der Waals surface area (Å²) in [5.74, 6) is 0.719. The molecular weight excluding hydrogens is 434 g/mol. The van der Waals surface area contributed by atoms with Crippen LogP contribution < -0.4 is 10.6 Å². The van der Waals surface area contributed by atoms with E-state index in [1.54, 1.807) is 36.1 Å². The lowest BCUT2D eigenvalue weighted by molar-refractivity contribution is -0.122. The largest absolute Gasteiger partial charge is 0.461 e. The maximum absolute atomic E-state index is 12.0. The van der Waals surface area contributed by atoms with Crippen LogP contribution in [0.3, 0.4) is 0 Å². The van der Waals surface area contributed by atoms with Gasteiger partial charge in [-0.05, 0) is 40.2 Å². The van der Waals surface area contributed by atoms with Crippen LogP contribution in [0.15, 0.2) is 56.7 Å². The first-order valence-electron chi connectivity index (χ1n) is 7.91. The number of hydrogen-bond acceptors (Lipinski definition) is 6. The van der Waals surface area contributed by atoms with Crippen LogP contribution in [-0.2, 0) is 16.6 Å². The van der Waals surface area contributed by atoms with Crippen LogP contribution in [0.5, 0.6) is 0 Å². The van der Waals surface area contributed by atoms with E-state index in [2.05, 4.69) is 36.8 Å². The molecule has 0 aliphatic carbocycles. The van der Waals surface area contributed by atoms with Crippen molar-refractivity contribution in [1.29, 1.82) is 0 Å². The lowest BCUT2D eigenvalue weighted by atomic mass is 10.3. The summed E-state index contributed by atoms with van der Waals surface area (Å²) in [6.45, 7) is -0.114. The van der Waals surface area contributed by atoms with Crippen molar-refractivity contribution >= 4 is 45.2 Å². The Morgan fingerprint density at radius 2 is 2.00 bits per heavy atom. The van der Waals surface area contributed by atoms with E-state index in [1.165, 1.54) is 11.8 Å². The molecule has 2 aromatic heterocycles. The molecule has 140 valence electrons. The second kappa shape index (κ2) is 8.87. The number of carbonyl (C=O) groups is 2. The third-order valence-corrected chi connectivity index (χ3v) is 5.21. The number of para-hydroxylation sites is 1. The number of benzene rings is 1. The quantitative estimate of drug-likeness (QED) is 0.537. The summed E-state index contributed by atoms with van der Waals surface area (Å²) in [5.41, 5.74) is 0.649. The maximum atomic E-state index is 12.0. The van der Waals surface area contributed by atoms with Crippen LogP contribution in [0.1, 0.15) is 0 Å². The fourth-order valence-electron chi connectivity index (χ4n) is 2.18. The first kappa shape index (κ1) is 19.2. The molecule has 10 heteroatoms. The Morgan fingerprint density at radius 1 is 1.19 bits per heavy atom. The number of nitrogens with one attached hydrogen (secondary N) is 2. The number of furan rings is 1.